The van der Waals surface area contributed by atoms with E-state index >= 15 is 0 Å². The van der Waals surface area contributed by atoms with E-state index in [9.17, 15) is 23.3 Å². The zero-order chi connectivity index (χ0) is 25.4. The third-order valence-corrected chi connectivity index (χ3v) is 8.28. The molecule has 3 aromatic rings. The van der Waals surface area contributed by atoms with E-state index in [1.165, 1.54) is 6.08 Å². The molecule has 0 bridgehead atoms. The lowest BCUT2D eigenvalue weighted by molar-refractivity contribution is -0.142. The Kier molecular flexibility index (Phi) is 6.12. The van der Waals surface area contributed by atoms with Crippen molar-refractivity contribution in [3.05, 3.63) is 94.2 Å². The first kappa shape index (κ1) is 23.8. The molecule has 180 valence electrons. The van der Waals surface area contributed by atoms with Crippen LogP contribution in [0.2, 0.25) is 5.02 Å². The molecule has 0 aliphatic carbocycles. The monoisotopic (exact) mass is 518 g/mol. The normalized spacial score (nSPS) is 20.7. The van der Waals surface area contributed by atoms with Crippen molar-refractivity contribution in [3.63, 3.8) is 0 Å². The van der Waals surface area contributed by atoms with E-state index in [1.807, 2.05) is 12.1 Å². The first-order chi connectivity index (χ1) is 17.3. The van der Waals surface area contributed by atoms with Gasteiger partial charge in [-0.2, -0.15) is 5.26 Å². The van der Waals surface area contributed by atoms with Crippen molar-refractivity contribution in [1.82, 2.24) is 4.90 Å². The topological polar surface area (TPSA) is 108 Å². The van der Waals surface area contributed by atoms with E-state index in [1.54, 1.807) is 60.7 Å². The Morgan fingerprint density at radius 2 is 1.72 bits per heavy atom. The molecule has 36 heavy (non-hydrogen) atoms. The summed E-state index contributed by atoms with van der Waals surface area (Å²) < 4.78 is 30.2. The van der Waals surface area contributed by atoms with E-state index in [4.69, 9.17) is 16.0 Å². The van der Waals surface area contributed by atoms with Crippen LogP contribution in [0.25, 0.3) is 23.0 Å². The van der Waals surface area contributed by atoms with Crippen LogP contribution in [0.15, 0.2) is 82.3 Å². The number of carbonyl (C=O) groups excluding carboxylic acids is 2. The lowest BCUT2D eigenvalue weighted by atomic mass is 9.87. The number of amides is 2. The SMILES string of the molecule is N#CC1=C(c2ccccc2)/C(=C/c2ccc(-c3ccccc3Cl)o2)C(=O)N([C@H]2CCS(=O)(=O)C2)C1=O. The number of rotatable bonds is 4. The highest BCUT2D eigenvalue weighted by atomic mass is 35.5. The second-order valence-corrected chi connectivity index (χ2v) is 11.1. The average molecular weight is 519 g/mol. The molecule has 9 heteroatoms. The number of halogens is 1. The van der Waals surface area contributed by atoms with Gasteiger partial charge >= 0.3 is 0 Å². The summed E-state index contributed by atoms with van der Waals surface area (Å²) in [5, 5.41) is 10.5. The third-order valence-electron chi connectivity index (χ3n) is 6.20. The Balaban J connectivity index is 1.66. The summed E-state index contributed by atoms with van der Waals surface area (Å²) in [5.41, 5.74) is 1.21. The van der Waals surface area contributed by atoms with Crippen LogP contribution in [0, 0.1) is 11.3 Å². The largest absolute Gasteiger partial charge is 0.457 e. The van der Waals surface area contributed by atoms with Gasteiger partial charge in [-0.1, -0.05) is 54.1 Å². The van der Waals surface area contributed by atoms with E-state index in [0.29, 0.717) is 27.7 Å². The smallest absolute Gasteiger partial charge is 0.272 e. The summed E-state index contributed by atoms with van der Waals surface area (Å²) in [4.78, 5) is 28.0. The van der Waals surface area contributed by atoms with Crippen molar-refractivity contribution < 1.29 is 22.4 Å². The molecule has 1 aromatic heterocycles. The molecule has 0 radical (unpaired) electrons. The maximum Gasteiger partial charge on any atom is 0.272 e. The number of sulfone groups is 1. The fourth-order valence-corrected chi connectivity index (χ4v) is 6.45. The van der Waals surface area contributed by atoms with Crippen molar-refractivity contribution in [2.24, 2.45) is 0 Å². The van der Waals surface area contributed by atoms with Gasteiger partial charge in [0.1, 0.15) is 23.2 Å². The summed E-state index contributed by atoms with van der Waals surface area (Å²) in [6, 6.07) is 20.3. The highest BCUT2D eigenvalue weighted by Gasteiger charge is 2.45. The molecular weight excluding hydrogens is 500 g/mol. The molecule has 5 rings (SSSR count). The van der Waals surface area contributed by atoms with Gasteiger partial charge in [-0.15, -0.1) is 0 Å². The fourth-order valence-electron chi connectivity index (χ4n) is 4.52. The molecule has 2 aliphatic rings. The molecule has 0 unspecified atom stereocenters. The van der Waals surface area contributed by atoms with Crippen LogP contribution in [0.4, 0.5) is 0 Å². The van der Waals surface area contributed by atoms with Gasteiger partial charge in [0.15, 0.2) is 9.84 Å². The van der Waals surface area contributed by atoms with Gasteiger partial charge in [-0.05, 0) is 42.3 Å². The van der Waals surface area contributed by atoms with Crippen molar-refractivity contribution in [2.45, 2.75) is 12.5 Å². The Bertz CT molecular complexity index is 1600. The molecule has 1 atom stereocenters. The van der Waals surface area contributed by atoms with Crippen LogP contribution < -0.4 is 0 Å². The fraction of sp³-hybridized carbons (Fsp3) is 0.148. The van der Waals surface area contributed by atoms with Crippen molar-refractivity contribution in [3.8, 4) is 17.4 Å². The molecule has 2 aliphatic heterocycles. The number of carbonyl (C=O) groups is 2. The van der Waals surface area contributed by atoms with Gasteiger partial charge in [0.05, 0.1) is 28.1 Å². The van der Waals surface area contributed by atoms with Crippen LogP contribution in [-0.2, 0) is 19.4 Å². The zero-order valence-electron chi connectivity index (χ0n) is 18.8. The van der Waals surface area contributed by atoms with Gasteiger partial charge in [-0.3, -0.25) is 14.5 Å². The molecule has 2 aromatic carbocycles. The quantitative estimate of drug-likeness (QED) is 0.371. The first-order valence-corrected chi connectivity index (χ1v) is 13.3. The number of nitrogens with zero attached hydrogens (tertiary/aromatic N) is 2. The molecule has 1 fully saturated rings. The number of hydrogen-bond acceptors (Lipinski definition) is 6. The van der Waals surface area contributed by atoms with Gasteiger partial charge in [0.2, 0.25) is 0 Å². The second kappa shape index (κ2) is 9.26. The van der Waals surface area contributed by atoms with Crippen LogP contribution in [-0.4, -0.2) is 42.7 Å². The van der Waals surface area contributed by atoms with E-state index in [0.717, 1.165) is 4.90 Å². The maximum atomic E-state index is 13.8. The third kappa shape index (κ3) is 4.28. The molecule has 3 heterocycles. The van der Waals surface area contributed by atoms with Gasteiger partial charge < -0.3 is 4.42 Å². The summed E-state index contributed by atoms with van der Waals surface area (Å²) in [5.74, 6) is -1.12. The Hall–Kier alpha value is -3.93. The van der Waals surface area contributed by atoms with Crippen LogP contribution in [0.3, 0.4) is 0 Å². The van der Waals surface area contributed by atoms with Crippen LogP contribution in [0.5, 0.6) is 0 Å². The summed E-state index contributed by atoms with van der Waals surface area (Å²) in [6.45, 7) is 0. The number of hydrogen-bond donors (Lipinski definition) is 0. The number of nitriles is 1. The van der Waals surface area contributed by atoms with Gasteiger partial charge in [0, 0.05) is 11.1 Å². The van der Waals surface area contributed by atoms with Gasteiger partial charge in [-0.25, -0.2) is 8.42 Å². The van der Waals surface area contributed by atoms with Crippen LogP contribution in [0.1, 0.15) is 17.7 Å². The highest BCUT2D eigenvalue weighted by molar-refractivity contribution is 7.91. The van der Waals surface area contributed by atoms with Crippen LogP contribution >= 0.6 is 11.6 Å². The summed E-state index contributed by atoms with van der Waals surface area (Å²) >= 11 is 6.29. The van der Waals surface area contributed by atoms with Gasteiger partial charge in [0.25, 0.3) is 11.8 Å². The Labute approximate surface area is 212 Å². The zero-order valence-corrected chi connectivity index (χ0v) is 20.4. The number of benzene rings is 2. The minimum atomic E-state index is -3.38. The number of imide groups is 1. The number of furan rings is 1. The summed E-state index contributed by atoms with van der Waals surface area (Å²) in [7, 11) is -3.38. The molecular formula is C27H19ClN2O5S. The molecule has 7 nitrogen and oxygen atoms in total. The predicted molar refractivity (Wildman–Crippen MR) is 135 cm³/mol. The molecule has 1 saturated heterocycles. The standard InChI is InChI=1S/C27H19ClN2O5S/c28-23-9-5-4-8-20(23)24-11-10-19(35-24)14-21-25(17-6-2-1-3-7-17)22(15-29)27(32)30(26(21)31)18-12-13-36(33,34)16-18/h1-11,14,18H,12-13,16H2/b21-14-/t18-/m0/s1. The first-order valence-electron chi connectivity index (χ1n) is 11.1. The van der Waals surface area contributed by atoms with E-state index in [-0.39, 0.29) is 34.6 Å². The average Bonchev–Trinajstić information content (AvgIpc) is 3.47. The molecule has 0 saturated carbocycles. The molecule has 0 N–H and O–H groups in total. The lowest BCUT2D eigenvalue weighted by Crippen LogP contribution is -2.49. The highest BCUT2D eigenvalue weighted by Crippen LogP contribution is 2.38. The lowest BCUT2D eigenvalue weighted by Gasteiger charge is -2.32. The van der Waals surface area contributed by atoms with Crippen molar-refractivity contribution in [1.29, 1.82) is 5.26 Å². The van der Waals surface area contributed by atoms with Crippen molar-refractivity contribution in [2.75, 3.05) is 11.5 Å². The molecule has 2 amide bonds. The van der Waals surface area contributed by atoms with E-state index in [2.05, 4.69) is 0 Å². The predicted octanol–water partition coefficient (Wildman–Crippen LogP) is 4.52. The minimum Gasteiger partial charge on any atom is -0.457 e. The summed E-state index contributed by atoms with van der Waals surface area (Å²) in [6.07, 6.45) is 1.61. The Morgan fingerprint density at radius 3 is 2.39 bits per heavy atom. The second-order valence-electron chi connectivity index (χ2n) is 8.50. The van der Waals surface area contributed by atoms with E-state index < -0.39 is 27.7 Å². The molecule has 0 spiro atoms. The van der Waals surface area contributed by atoms with Crippen molar-refractivity contribution >= 4 is 44.9 Å². The minimum absolute atomic E-state index is 0.0710. The maximum absolute atomic E-state index is 13.8. The Morgan fingerprint density at radius 1 is 1.00 bits per heavy atom.